The standard InChI is InChI=1S/C25H19N7O3S/c1-15-6-8-16(9-7-15)21-14-22(31(29-21)17-10-12-18(13-11-17)36(26,34)35)24-28-27-23-19-4-2-3-5-20(19)25(33)30-32(23)24/h2-14H,1H3,(H,30,33)(H2,26,34,35). The molecule has 0 fully saturated rings. The van der Waals surface area contributed by atoms with Gasteiger partial charge in [0.25, 0.3) is 5.56 Å². The molecule has 3 heterocycles. The molecule has 0 aliphatic heterocycles. The first-order chi connectivity index (χ1) is 17.3. The first kappa shape index (κ1) is 21.9. The van der Waals surface area contributed by atoms with Gasteiger partial charge >= 0.3 is 0 Å². The minimum absolute atomic E-state index is 0.0116. The van der Waals surface area contributed by atoms with Crippen molar-refractivity contribution >= 4 is 26.4 Å². The molecule has 6 rings (SSSR count). The highest BCUT2D eigenvalue weighted by atomic mass is 32.2. The van der Waals surface area contributed by atoms with E-state index >= 15 is 0 Å². The molecule has 0 atom stereocenters. The molecular formula is C25H19N7O3S. The highest BCUT2D eigenvalue weighted by Gasteiger charge is 2.20. The molecule has 0 saturated carbocycles. The molecular weight excluding hydrogens is 478 g/mol. The van der Waals surface area contributed by atoms with Crippen molar-refractivity contribution in [3.05, 3.63) is 94.8 Å². The first-order valence-corrected chi connectivity index (χ1v) is 12.5. The second-order valence-corrected chi connectivity index (χ2v) is 9.96. The highest BCUT2D eigenvalue weighted by molar-refractivity contribution is 7.89. The van der Waals surface area contributed by atoms with Crippen molar-refractivity contribution < 1.29 is 8.42 Å². The van der Waals surface area contributed by atoms with E-state index < -0.39 is 10.0 Å². The van der Waals surface area contributed by atoms with Gasteiger partial charge in [0, 0.05) is 10.9 Å². The summed E-state index contributed by atoms with van der Waals surface area (Å²) in [7, 11) is -3.85. The minimum atomic E-state index is -3.85. The van der Waals surface area contributed by atoms with Crippen molar-refractivity contribution in [3.8, 4) is 28.5 Å². The van der Waals surface area contributed by atoms with Gasteiger partial charge in [-0.3, -0.25) is 9.89 Å². The van der Waals surface area contributed by atoms with E-state index in [2.05, 4.69) is 15.3 Å². The van der Waals surface area contributed by atoms with Crippen LogP contribution in [-0.4, -0.2) is 38.0 Å². The average molecular weight is 498 g/mol. The summed E-state index contributed by atoms with van der Waals surface area (Å²) in [5.74, 6) is 0.370. The molecule has 3 N–H and O–H groups in total. The van der Waals surface area contributed by atoms with Crippen molar-refractivity contribution in [1.29, 1.82) is 0 Å². The maximum Gasteiger partial charge on any atom is 0.270 e. The molecule has 0 amide bonds. The summed E-state index contributed by atoms with van der Waals surface area (Å²) in [5, 5.41) is 22.8. The number of fused-ring (bicyclic) bond motifs is 3. The molecule has 11 heteroatoms. The van der Waals surface area contributed by atoms with Gasteiger partial charge in [-0.05, 0) is 43.3 Å². The Morgan fingerprint density at radius 3 is 2.28 bits per heavy atom. The number of rotatable bonds is 4. The van der Waals surface area contributed by atoms with Gasteiger partial charge in [-0.2, -0.15) is 5.10 Å². The summed E-state index contributed by atoms with van der Waals surface area (Å²) in [6.07, 6.45) is 0. The van der Waals surface area contributed by atoms with Crippen molar-refractivity contribution in [3.63, 3.8) is 0 Å². The Labute approximate surface area is 204 Å². The van der Waals surface area contributed by atoms with Crippen LogP contribution >= 0.6 is 0 Å². The normalized spacial score (nSPS) is 11.9. The third-order valence-corrected chi connectivity index (χ3v) is 6.91. The second kappa shape index (κ2) is 7.97. The Kier molecular flexibility index (Phi) is 4.85. The number of hydrogen-bond donors (Lipinski definition) is 2. The van der Waals surface area contributed by atoms with Gasteiger partial charge in [0.05, 0.1) is 21.7 Å². The lowest BCUT2D eigenvalue weighted by molar-refractivity contribution is 0.598. The number of aromatic amines is 1. The number of primary sulfonamides is 1. The van der Waals surface area contributed by atoms with Crippen molar-refractivity contribution in [2.45, 2.75) is 11.8 Å². The van der Waals surface area contributed by atoms with Crippen LogP contribution in [-0.2, 0) is 10.0 Å². The minimum Gasteiger partial charge on any atom is -0.267 e. The van der Waals surface area contributed by atoms with Gasteiger partial charge < -0.3 is 0 Å². The third-order valence-electron chi connectivity index (χ3n) is 5.98. The number of aryl methyl sites for hydroxylation is 1. The van der Waals surface area contributed by atoms with Crippen LogP contribution in [0.2, 0.25) is 0 Å². The molecule has 36 heavy (non-hydrogen) atoms. The Hall–Kier alpha value is -4.61. The van der Waals surface area contributed by atoms with E-state index in [1.54, 1.807) is 28.9 Å². The SMILES string of the molecule is Cc1ccc(-c2cc(-c3nnc4c5ccccc5c(=O)[nH]n34)n(-c3ccc(S(N)(=O)=O)cc3)n2)cc1. The maximum absolute atomic E-state index is 12.8. The number of aromatic nitrogens is 6. The second-order valence-electron chi connectivity index (χ2n) is 8.40. The molecule has 0 unspecified atom stereocenters. The smallest absolute Gasteiger partial charge is 0.267 e. The molecule has 0 bridgehead atoms. The van der Waals surface area contributed by atoms with Crippen LogP contribution < -0.4 is 10.7 Å². The van der Waals surface area contributed by atoms with E-state index in [0.717, 1.165) is 11.1 Å². The molecule has 0 aliphatic carbocycles. The number of hydrogen-bond acceptors (Lipinski definition) is 6. The number of H-pyrrole nitrogens is 1. The summed E-state index contributed by atoms with van der Waals surface area (Å²) in [6, 6.07) is 23.0. The largest absolute Gasteiger partial charge is 0.270 e. The molecule has 6 aromatic rings. The van der Waals surface area contributed by atoms with E-state index in [0.29, 0.717) is 39.3 Å². The van der Waals surface area contributed by atoms with E-state index in [4.69, 9.17) is 10.2 Å². The Bertz CT molecular complexity index is 1930. The molecule has 3 aromatic heterocycles. The number of nitrogens with zero attached hydrogens (tertiary/aromatic N) is 5. The number of benzene rings is 3. The monoisotopic (exact) mass is 497 g/mol. The zero-order valence-electron chi connectivity index (χ0n) is 19.0. The van der Waals surface area contributed by atoms with Gasteiger partial charge in [0.1, 0.15) is 5.69 Å². The Morgan fingerprint density at radius 2 is 1.58 bits per heavy atom. The number of sulfonamides is 1. The fraction of sp³-hybridized carbons (Fsp3) is 0.0400. The molecule has 0 spiro atoms. The summed E-state index contributed by atoms with van der Waals surface area (Å²) in [6.45, 7) is 2.00. The quantitative estimate of drug-likeness (QED) is 0.383. The van der Waals surface area contributed by atoms with E-state index in [1.807, 2.05) is 49.4 Å². The summed E-state index contributed by atoms with van der Waals surface area (Å²) in [4.78, 5) is 12.8. The van der Waals surface area contributed by atoms with Crippen molar-refractivity contribution in [2.75, 3.05) is 0 Å². The highest BCUT2D eigenvalue weighted by Crippen LogP contribution is 2.29. The van der Waals surface area contributed by atoms with E-state index in [-0.39, 0.29) is 10.5 Å². The Morgan fingerprint density at radius 1 is 0.889 bits per heavy atom. The van der Waals surface area contributed by atoms with Crippen molar-refractivity contribution in [2.24, 2.45) is 5.14 Å². The number of nitrogens with two attached hydrogens (primary N) is 1. The molecule has 0 aliphatic rings. The Balaban J connectivity index is 1.60. The summed E-state index contributed by atoms with van der Waals surface area (Å²) >= 11 is 0. The fourth-order valence-electron chi connectivity index (χ4n) is 4.15. The van der Waals surface area contributed by atoms with Gasteiger partial charge in [-0.15, -0.1) is 10.2 Å². The maximum atomic E-state index is 12.8. The summed E-state index contributed by atoms with van der Waals surface area (Å²) < 4.78 is 26.6. The number of nitrogens with one attached hydrogen (secondary N) is 1. The molecule has 3 aromatic carbocycles. The van der Waals surface area contributed by atoms with Crippen LogP contribution in [0.5, 0.6) is 0 Å². The predicted octanol–water partition coefficient (Wildman–Crippen LogP) is 3.05. The average Bonchev–Trinajstić information content (AvgIpc) is 3.49. The van der Waals surface area contributed by atoms with Crippen LogP contribution in [0.4, 0.5) is 0 Å². The van der Waals surface area contributed by atoms with Gasteiger partial charge in [0.15, 0.2) is 5.65 Å². The molecule has 178 valence electrons. The first-order valence-electron chi connectivity index (χ1n) is 11.0. The third kappa shape index (κ3) is 3.58. The van der Waals surface area contributed by atoms with Crippen LogP contribution in [0.25, 0.3) is 44.9 Å². The van der Waals surface area contributed by atoms with Crippen LogP contribution in [0.15, 0.2) is 88.6 Å². The van der Waals surface area contributed by atoms with Gasteiger partial charge in [-0.25, -0.2) is 22.8 Å². The molecule has 10 nitrogen and oxygen atoms in total. The van der Waals surface area contributed by atoms with Gasteiger partial charge in [-0.1, -0.05) is 48.0 Å². The lowest BCUT2D eigenvalue weighted by Crippen LogP contribution is -2.13. The van der Waals surface area contributed by atoms with E-state index in [1.165, 1.54) is 16.6 Å². The van der Waals surface area contributed by atoms with Crippen LogP contribution in [0.1, 0.15) is 5.56 Å². The molecule has 0 saturated heterocycles. The van der Waals surface area contributed by atoms with Crippen molar-refractivity contribution in [1.82, 2.24) is 29.6 Å². The zero-order valence-corrected chi connectivity index (χ0v) is 19.8. The summed E-state index contributed by atoms with van der Waals surface area (Å²) in [5.41, 5.74) is 4.01. The van der Waals surface area contributed by atoms with Crippen LogP contribution in [0.3, 0.4) is 0 Å². The fourth-order valence-corrected chi connectivity index (χ4v) is 4.66. The van der Waals surface area contributed by atoms with E-state index in [9.17, 15) is 13.2 Å². The molecule has 0 radical (unpaired) electrons. The predicted molar refractivity (Wildman–Crippen MR) is 135 cm³/mol. The lowest BCUT2D eigenvalue weighted by Gasteiger charge is -2.08. The van der Waals surface area contributed by atoms with Gasteiger partial charge in [0.2, 0.25) is 15.8 Å². The topological polar surface area (TPSA) is 141 Å². The van der Waals surface area contributed by atoms with Crippen LogP contribution in [0, 0.1) is 6.92 Å². The lowest BCUT2D eigenvalue weighted by atomic mass is 10.1. The zero-order chi connectivity index (χ0) is 25.0.